The Morgan fingerprint density at radius 3 is 2.58 bits per heavy atom. The zero-order valence-electron chi connectivity index (χ0n) is 17.3. The van der Waals surface area contributed by atoms with Crippen molar-refractivity contribution in [3.63, 3.8) is 0 Å². The van der Waals surface area contributed by atoms with Crippen LogP contribution in [0.4, 0.5) is 11.4 Å². The maximum atomic E-state index is 12.8. The number of hydrogen-bond acceptors (Lipinski definition) is 4. The van der Waals surface area contributed by atoms with E-state index in [0.29, 0.717) is 40.6 Å². The molecule has 0 atom stereocenters. The Bertz CT molecular complexity index is 1470. The Kier molecular flexibility index (Phi) is 5.49. The number of hydrogen-bond donors (Lipinski definition) is 2. The normalized spacial score (nSPS) is 15.0. The Balaban J connectivity index is 1.40. The summed E-state index contributed by atoms with van der Waals surface area (Å²) >= 11 is 6.48. The van der Waals surface area contributed by atoms with Gasteiger partial charge in [-0.3, -0.25) is 14.1 Å². The van der Waals surface area contributed by atoms with Crippen LogP contribution in [-0.2, 0) is 10.2 Å². The lowest BCUT2D eigenvalue weighted by Crippen LogP contribution is -2.29. The molecule has 0 saturated carbocycles. The molecule has 166 valence electrons. The highest BCUT2D eigenvalue weighted by molar-refractivity contribution is 7.91. The van der Waals surface area contributed by atoms with Gasteiger partial charge in [0.05, 0.1) is 16.4 Å². The minimum absolute atomic E-state index is 0.317. The van der Waals surface area contributed by atoms with E-state index in [-0.39, 0.29) is 5.91 Å². The number of rotatable bonds is 4. The monoisotopic (exact) mass is 478 g/mol. The molecule has 1 aliphatic heterocycles. The van der Waals surface area contributed by atoms with Gasteiger partial charge in [-0.2, -0.15) is 13.1 Å². The van der Waals surface area contributed by atoms with Gasteiger partial charge in [-0.1, -0.05) is 35.9 Å². The molecular formula is C24H19ClN4O3S. The maximum absolute atomic E-state index is 12.8. The van der Waals surface area contributed by atoms with Crippen molar-refractivity contribution < 1.29 is 13.2 Å². The number of carbonyl (C=O) groups is 1. The van der Waals surface area contributed by atoms with Gasteiger partial charge in [0.1, 0.15) is 0 Å². The fourth-order valence-electron chi connectivity index (χ4n) is 3.84. The molecule has 1 fully saturated rings. The summed E-state index contributed by atoms with van der Waals surface area (Å²) in [5.41, 5.74) is 2.94. The summed E-state index contributed by atoms with van der Waals surface area (Å²) in [4.78, 5) is 17.3. The molecule has 3 aromatic carbocycles. The number of fused-ring (bicyclic) bond motifs is 1. The van der Waals surface area contributed by atoms with Crippen molar-refractivity contribution in [3.8, 4) is 11.3 Å². The Labute approximate surface area is 196 Å². The van der Waals surface area contributed by atoms with Crippen LogP contribution in [0.2, 0.25) is 5.02 Å². The van der Waals surface area contributed by atoms with Crippen LogP contribution in [0.3, 0.4) is 0 Å². The van der Waals surface area contributed by atoms with E-state index in [2.05, 4.69) is 15.0 Å². The highest BCUT2D eigenvalue weighted by Crippen LogP contribution is 2.34. The zero-order valence-corrected chi connectivity index (χ0v) is 18.9. The first kappa shape index (κ1) is 21.4. The molecule has 1 aliphatic rings. The van der Waals surface area contributed by atoms with Crippen molar-refractivity contribution in [3.05, 3.63) is 89.6 Å². The summed E-state index contributed by atoms with van der Waals surface area (Å²) < 4.78 is 27.7. The van der Waals surface area contributed by atoms with Gasteiger partial charge in [0.15, 0.2) is 0 Å². The Morgan fingerprint density at radius 1 is 1.03 bits per heavy atom. The fraction of sp³-hybridized carbons (Fsp3) is 0.0833. The van der Waals surface area contributed by atoms with E-state index in [1.165, 1.54) is 4.31 Å². The lowest BCUT2D eigenvalue weighted by atomic mass is 10.0. The highest BCUT2D eigenvalue weighted by atomic mass is 35.5. The molecule has 0 unspecified atom stereocenters. The minimum Gasteiger partial charge on any atom is -0.322 e. The quantitative estimate of drug-likeness (QED) is 0.453. The first-order valence-corrected chi connectivity index (χ1v) is 12.1. The van der Waals surface area contributed by atoms with Crippen molar-refractivity contribution >= 4 is 49.9 Å². The third kappa shape index (κ3) is 4.16. The summed E-state index contributed by atoms with van der Waals surface area (Å²) in [6.45, 7) is 0.707. The second-order valence-electron chi connectivity index (χ2n) is 7.55. The molecule has 0 spiro atoms. The summed E-state index contributed by atoms with van der Waals surface area (Å²) in [6.07, 6.45) is 1.73. The van der Waals surface area contributed by atoms with Gasteiger partial charge >= 0.3 is 10.2 Å². The van der Waals surface area contributed by atoms with Gasteiger partial charge in [-0.25, -0.2) is 0 Å². The summed E-state index contributed by atoms with van der Waals surface area (Å²) in [5, 5.41) is 5.42. The number of pyridine rings is 1. The van der Waals surface area contributed by atoms with Crippen LogP contribution in [0.1, 0.15) is 10.4 Å². The van der Waals surface area contributed by atoms with Crippen LogP contribution >= 0.6 is 11.6 Å². The molecule has 4 aromatic rings. The predicted molar refractivity (Wildman–Crippen MR) is 131 cm³/mol. The molecule has 0 bridgehead atoms. The number of benzene rings is 3. The van der Waals surface area contributed by atoms with Gasteiger partial charge in [-0.05, 0) is 53.9 Å². The van der Waals surface area contributed by atoms with Crippen LogP contribution in [0.5, 0.6) is 0 Å². The first-order chi connectivity index (χ1) is 15.9. The molecular weight excluding hydrogens is 460 g/mol. The van der Waals surface area contributed by atoms with E-state index in [1.54, 1.807) is 48.7 Å². The van der Waals surface area contributed by atoms with Gasteiger partial charge in [0.2, 0.25) is 0 Å². The third-order valence-electron chi connectivity index (χ3n) is 5.46. The van der Waals surface area contributed by atoms with Crippen LogP contribution in [-0.4, -0.2) is 32.4 Å². The van der Waals surface area contributed by atoms with Crippen LogP contribution in [0.15, 0.2) is 79.0 Å². The van der Waals surface area contributed by atoms with Crippen LogP contribution < -0.4 is 14.3 Å². The molecule has 1 saturated heterocycles. The van der Waals surface area contributed by atoms with E-state index in [0.717, 1.165) is 16.5 Å². The Morgan fingerprint density at radius 2 is 1.82 bits per heavy atom. The molecule has 7 nitrogen and oxygen atoms in total. The molecule has 2 N–H and O–H groups in total. The first-order valence-electron chi connectivity index (χ1n) is 10.2. The smallest absolute Gasteiger partial charge is 0.301 e. The second kappa shape index (κ2) is 8.47. The van der Waals surface area contributed by atoms with Crippen molar-refractivity contribution in [2.75, 3.05) is 22.7 Å². The number of anilines is 2. The molecule has 2 heterocycles. The van der Waals surface area contributed by atoms with Crippen LogP contribution in [0.25, 0.3) is 22.0 Å². The van der Waals surface area contributed by atoms with E-state index in [9.17, 15) is 13.2 Å². The third-order valence-corrected chi connectivity index (χ3v) is 7.33. The summed E-state index contributed by atoms with van der Waals surface area (Å²) in [6, 6.07) is 21.5. The standard InChI is InChI=1S/C24H19ClN4O3S/c25-22-10-7-18(15-21(22)23-20-4-2-1-3-16(20)11-12-26-23)28-24(30)17-5-8-19(9-6-17)29-14-13-27-33(29,31)32/h1-12,15,27H,13-14H2,(H,28,30). The number of halogens is 1. The van der Waals surface area contributed by atoms with Crippen LogP contribution in [0, 0.1) is 0 Å². The van der Waals surface area contributed by atoms with Crippen molar-refractivity contribution in [1.29, 1.82) is 0 Å². The topological polar surface area (TPSA) is 91.4 Å². The van der Waals surface area contributed by atoms with Crippen molar-refractivity contribution in [2.45, 2.75) is 0 Å². The predicted octanol–water partition coefficient (Wildman–Crippen LogP) is 4.46. The molecule has 33 heavy (non-hydrogen) atoms. The summed E-state index contributed by atoms with van der Waals surface area (Å²) in [5.74, 6) is -0.317. The maximum Gasteiger partial charge on any atom is 0.301 e. The van der Waals surface area contributed by atoms with E-state index in [4.69, 9.17) is 11.6 Å². The number of nitrogens with one attached hydrogen (secondary N) is 2. The SMILES string of the molecule is O=C(Nc1ccc(Cl)c(-c2nccc3ccccc23)c1)c1ccc(N2CCNS2(=O)=O)cc1. The highest BCUT2D eigenvalue weighted by Gasteiger charge is 2.27. The lowest BCUT2D eigenvalue weighted by Gasteiger charge is -2.16. The number of aromatic nitrogens is 1. The minimum atomic E-state index is -3.51. The number of carbonyl (C=O) groups excluding carboxylic acids is 1. The number of nitrogens with zero attached hydrogens (tertiary/aromatic N) is 2. The molecule has 1 aromatic heterocycles. The lowest BCUT2D eigenvalue weighted by molar-refractivity contribution is 0.102. The van der Waals surface area contributed by atoms with Crippen molar-refractivity contribution in [2.24, 2.45) is 0 Å². The van der Waals surface area contributed by atoms with E-state index in [1.807, 2.05) is 30.3 Å². The fourth-order valence-corrected chi connectivity index (χ4v) is 5.29. The average molecular weight is 479 g/mol. The molecule has 0 aliphatic carbocycles. The van der Waals surface area contributed by atoms with Gasteiger partial charge in [0, 0.05) is 41.5 Å². The molecule has 0 radical (unpaired) electrons. The molecule has 5 rings (SSSR count). The zero-order chi connectivity index (χ0) is 23.0. The second-order valence-corrected chi connectivity index (χ2v) is 9.63. The molecule has 1 amide bonds. The largest absolute Gasteiger partial charge is 0.322 e. The Hall–Kier alpha value is -3.46. The van der Waals surface area contributed by atoms with Gasteiger partial charge in [-0.15, -0.1) is 0 Å². The van der Waals surface area contributed by atoms with Gasteiger partial charge in [0.25, 0.3) is 5.91 Å². The number of amides is 1. The average Bonchev–Trinajstić information content (AvgIpc) is 3.19. The summed E-state index contributed by atoms with van der Waals surface area (Å²) in [7, 11) is -3.51. The van der Waals surface area contributed by atoms with E-state index < -0.39 is 10.2 Å². The van der Waals surface area contributed by atoms with Gasteiger partial charge < -0.3 is 5.32 Å². The van der Waals surface area contributed by atoms with Crippen molar-refractivity contribution in [1.82, 2.24) is 9.71 Å². The molecule has 9 heteroatoms. The van der Waals surface area contributed by atoms with E-state index >= 15 is 0 Å².